The van der Waals surface area contributed by atoms with E-state index in [0.29, 0.717) is 23.0 Å². The molecule has 0 spiro atoms. The van der Waals surface area contributed by atoms with Crippen LogP contribution in [0.4, 0.5) is 4.39 Å². The third-order valence-corrected chi connectivity index (χ3v) is 2.81. The lowest BCUT2D eigenvalue weighted by Gasteiger charge is -2.01. The van der Waals surface area contributed by atoms with Crippen molar-refractivity contribution in [2.45, 2.75) is 12.5 Å². The largest absolute Gasteiger partial charge is 0.391 e. The number of nitrogens with zero attached hydrogens (tertiary/aromatic N) is 1. The lowest BCUT2D eigenvalue weighted by atomic mass is 10.1. The quantitative estimate of drug-likeness (QED) is 0.747. The molecule has 1 aliphatic heterocycles. The summed E-state index contributed by atoms with van der Waals surface area (Å²) in [6, 6.07) is 6.60. The molecule has 0 aliphatic carbocycles. The van der Waals surface area contributed by atoms with Crippen LogP contribution in [0.5, 0.6) is 0 Å². The number of halogens is 2. The number of rotatable bonds is 2. The van der Waals surface area contributed by atoms with Crippen molar-refractivity contribution >= 4 is 21.6 Å². The van der Waals surface area contributed by atoms with E-state index >= 15 is 0 Å². The highest BCUT2D eigenvalue weighted by Gasteiger charge is 2.22. The second-order valence-corrected chi connectivity index (χ2v) is 3.75. The molecule has 0 saturated heterocycles. The van der Waals surface area contributed by atoms with Crippen molar-refractivity contribution in [3.63, 3.8) is 0 Å². The Morgan fingerprint density at radius 2 is 2.29 bits per heavy atom. The Bertz CT molecular complexity index is 367. The fraction of sp³-hybridized carbons (Fsp3) is 0.300. The molecule has 0 radical (unpaired) electrons. The number of benzene rings is 1. The van der Waals surface area contributed by atoms with E-state index in [4.69, 9.17) is 4.84 Å². The van der Waals surface area contributed by atoms with Crippen molar-refractivity contribution in [1.82, 2.24) is 0 Å². The number of hydrogen-bond donors (Lipinski definition) is 0. The summed E-state index contributed by atoms with van der Waals surface area (Å²) in [4.78, 5) is 5.10. The lowest BCUT2D eigenvalue weighted by Crippen LogP contribution is -2.10. The monoisotopic (exact) mass is 257 g/mol. The van der Waals surface area contributed by atoms with Gasteiger partial charge < -0.3 is 4.84 Å². The molecule has 0 aromatic heterocycles. The van der Waals surface area contributed by atoms with E-state index in [1.807, 2.05) is 0 Å². The fourth-order valence-electron chi connectivity index (χ4n) is 1.37. The minimum atomic E-state index is -0.245. The molecule has 1 aromatic carbocycles. The van der Waals surface area contributed by atoms with Gasteiger partial charge in [0.25, 0.3) is 0 Å². The highest BCUT2D eigenvalue weighted by atomic mass is 79.9. The number of hydrogen-bond acceptors (Lipinski definition) is 2. The van der Waals surface area contributed by atoms with Crippen molar-refractivity contribution in [1.29, 1.82) is 0 Å². The van der Waals surface area contributed by atoms with E-state index in [2.05, 4.69) is 21.1 Å². The van der Waals surface area contributed by atoms with E-state index in [-0.39, 0.29) is 11.9 Å². The van der Waals surface area contributed by atoms with Crippen LogP contribution >= 0.6 is 15.9 Å². The van der Waals surface area contributed by atoms with Crippen molar-refractivity contribution in [2.75, 3.05) is 5.33 Å². The maximum absolute atomic E-state index is 13.3. The Morgan fingerprint density at radius 1 is 1.50 bits per heavy atom. The second kappa shape index (κ2) is 4.09. The SMILES string of the molecule is Fc1ccccc1C1=NO[C@H](CBr)C1. The zero-order valence-electron chi connectivity index (χ0n) is 7.41. The molecule has 1 aromatic rings. The maximum Gasteiger partial charge on any atom is 0.142 e. The lowest BCUT2D eigenvalue weighted by molar-refractivity contribution is 0.104. The Hall–Kier alpha value is -0.900. The van der Waals surface area contributed by atoms with Crippen LogP contribution < -0.4 is 0 Å². The Kier molecular flexibility index (Phi) is 2.82. The molecule has 0 unspecified atom stereocenters. The van der Waals surface area contributed by atoms with Crippen LogP contribution in [0.25, 0.3) is 0 Å². The highest BCUT2D eigenvalue weighted by molar-refractivity contribution is 9.09. The number of alkyl halides is 1. The van der Waals surface area contributed by atoms with Crippen molar-refractivity contribution in [3.8, 4) is 0 Å². The van der Waals surface area contributed by atoms with Crippen molar-refractivity contribution in [2.24, 2.45) is 5.16 Å². The van der Waals surface area contributed by atoms with Crippen LogP contribution in [0.2, 0.25) is 0 Å². The summed E-state index contributed by atoms with van der Waals surface area (Å²) in [5.41, 5.74) is 1.23. The summed E-state index contributed by atoms with van der Waals surface area (Å²) in [6.45, 7) is 0. The van der Waals surface area contributed by atoms with Crippen molar-refractivity contribution in [3.05, 3.63) is 35.6 Å². The van der Waals surface area contributed by atoms with Gasteiger partial charge >= 0.3 is 0 Å². The first-order valence-electron chi connectivity index (χ1n) is 4.35. The molecule has 1 atom stereocenters. The summed E-state index contributed by atoms with van der Waals surface area (Å²) in [7, 11) is 0. The first kappa shape index (κ1) is 9.65. The third-order valence-electron chi connectivity index (χ3n) is 2.09. The minimum Gasteiger partial charge on any atom is -0.391 e. The van der Waals surface area contributed by atoms with Gasteiger partial charge in [0, 0.05) is 17.3 Å². The molecular formula is C10H9BrFNO. The topological polar surface area (TPSA) is 21.6 Å². The normalized spacial score (nSPS) is 20.4. The van der Waals surface area contributed by atoms with Crippen LogP contribution in [0, 0.1) is 5.82 Å². The maximum atomic E-state index is 13.3. The van der Waals surface area contributed by atoms with Crippen LogP contribution in [-0.4, -0.2) is 17.1 Å². The summed E-state index contributed by atoms with van der Waals surface area (Å²) < 4.78 is 13.3. The van der Waals surface area contributed by atoms with Gasteiger partial charge in [-0.05, 0) is 6.07 Å². The van der Waals surface area contributed by atoms with E-state index < -0.39 is 0 Å². The molecule has 2 nitrogen and oxygen atoms in total. The average Bonchev–Trinajstić information content (AvgIpc) is 2.67. The Morgan fingerprint density at radius 3 is 2.93 bits per heavy atom. The Labute approximate surface area is 89.9 Å². The van der Waals surface area contributed by atoms with E-state index in [1.165, 1.54) is 6.07 Å². The molecule has 0 bridgehead atoms. The average molecular weight is 258 g/mol. The molecule has 1 heterocycles. The van der Waals surface area contributed by atoms with E-state index in [0.717, 1.165) is 0 Å². The van der Waals surface area contributed by atoms with E-state index in [9.17, 15) is 4.39 Å². The molecule has 4 heteroatoms. The summed E-state index contributed by atoms with van der Waals surface area (Å²) in [5, 5.41) is 4.58. The first-order chi connectivity index (χ1) is 6.81. The van der Waals surface area contributed by atoms with Gasteiger partial charge in [-0.2, -0.15) is 0 Å². The molecule has 0 fully saturated rings. The highest BCUT2D eigenvalue weighted by Crippen LogP contribution is 2.19. The number of oxime groups is 1. The van der Waals surface area contributed by atoms with Crippen LogP contribution in [0.3, 0.4) is 0 Å². The molecule has 0 N–H and O–H groups in total. The minimum absolute atomic E-state index is 0.0320. The van der Waals surface area contributed by atoms with Crippen molar-refractivity contribution < 1.29 is 9.23 Å². The molecule has 0 amide bonds. The molecule has 2 rings (SSSR count). The predicted octanol–water partition coefficient (Wildman–Crippen LogP) is 2.71. The zero-order valence-corrected chi connectivity index (χ0v) is 9.00. The van der Waals surface area contributed by atoms with Gasteiger partial charge in [-0.3, -0.25) is 0 Å². The zero-order chi connectivity index (χ0) is 9.97. The predicted molar refractivity (Wildman–Crippen MR) is 56.2 cm³/mol. The standard InChI is InChI=1S/C10H9BrFNO/c11-6-7-5-10(13-14-7)8-3-1-2-4-9(8)12/h1-4,7H,5-6H2/t7-/m0/s1. The molecule has 74 valence electrons. The van der Waals surface area contributed by atoms with Gasteiger partial charge in [0.05, 0.1) is 5.71 Å². The smallest absolute Gasteiger partial charge is 0.142 e. The second-order valence-electron chi connectivity index (χ2n) is 3.10. The third kappa shape index (κ3) is 1.80. The summed E-state index contributed by atoms with van der Waals surface area (Å²) >= 11 is 3.30. The van der Waals surface area contributed by atoms with E-state index in [1.54, 1.807) is 18.2 Å². The Balaban J connectivity index is 2.22. The van der Waals surface area contributed by atoms with Crippen LogP contribution in [-0.2, 0) is 4.84 Å². The fourth-order valence-corrected chi connectivity index (χ4v) is 1.71. The first-order valence-corrected chi connectivity index (χ1v) is 5.47. The van der Waals surface area contributed by atoms with Gasteiger partial charge in [-0.1, -0.05) is 39.3 Å². The summed E-state index contributed by atoms with van der Waals surface area (Å²) in [5.74, 6) is -0.245. The van der Waals surface area contributed by atoms with Crippen LogP contribution in [0.1, 0.15) is 12.0 Å². The van der Waals surface area contributed by atoms with Gasteiger partial charge in [0.15, 0.2) is 0 Å². The van der Waals surface area contributed by atoms with Crippen LogP contribution in [0.15, 0.2) is 29.4 Å². The molecule has 0 saturated carbocycles. The van der Waals surface area contributed by atoms with Gasteiger partial charge in [0.1, 0.15) is 11.9 Å². The molecule has 14 heavy (non-hydrogen) atoms. The van der Waals surface area contributed by atoms with Gasteiger partial charge in [-0.15, -0.1) is 0 Å². The van der Waals surface area contributed by atoms with Gasteiger partial charge in [-0.25, -0.2) is 4.39 Å². The summed E-state index contributed by atoms with van der Waals surface area (Å²) in [6.07, 6.45) is 0.691. The molecular weight excluding hydrogens is 249 g/mol. The van der Waals surface area contributed by atoms with Gasteiger partial charge in [0.2, 0.25) is 0 Å². The molecule has 1 aliphatic rings.